The molecule has 0 spiro atoms. The van der Waals surface area contributed by atoms with Crippen LogP contribution in [0.5, 0.6) is 5.75 Å². The third-order valence-corrected chi connectivity index (χ3v) is 6.84. The van der Waals surface area contributed by atoms with E-state index in [9.17, 15) is 9.59 Å². The number of carbonyl (C=O) groups excluding carboxylic acids is 2. The number of fused-ring (bicyclic) bond motifs is 1. The van der Waals surface area contributed by atoms with E-state index in [1.54, 1.807) is 0 Å². The van der Waals surface area contributed by atoms with Crippen molar-refractivity contribution in [2.24, 2.45) is 10.6 Å². The predicted molar refractivity (Wildman–Crippen MR) is 133 cm³/mol. The van der Waals surface area contributed by atoms with E-state index in [0.29, 0.717) is 49.5 Å². The summed E-state index contributed by atoms with van der Waals surface area (Å²) in [6, 6.07) is 0. The molecule has 0 bridgehead atoms. The summed E-state index contributed by atoms with van der Waals surface area (Å²) in [5.74, 6) is 0.765. The van der Waals surface area contributed by atoms with Gasteiger partial charge >= 0.3 is 5.97 Å². The van der Waals surface area contributed by atoms with Crippen molar-refractivity contribution in [1.29, 1.82) is 0 Å². The first kappa shape index (κ1) is 26.0. The lowest BCUT2D eigenvalue weighted by molar-refractivity contribution is -0.149. The van der Waals surface area contributed by atoms with E-state index in [1.807, 2.05) is 34.6 Å². The largest absolute Gasteiger partial charge is 0.493 e. The predicted octanol–water partition coefficient (Wildman–Crippen LogP) is 6.03. The molecule has 0 saturated heterocycles. The van der Waals surface area contributed by atoms with Crippen LogP contribution < -0.4 is 4.74 Å². The van der Waals surface area contributed by atoms with Crippen LogP contribution in [0.4, 0.5) is 0 Å². The van der Waals surface area contributed by atoms with E-state index >= 15 is 0 Å². The van der Waals surface area contributed by atoms with Gasteiger partial charge < -0.3 is 14.3 Å². The maximum absolute atomic E-state index is 13.6. The molecule has 1 aromatic rings. The molecule has 0 radical (unpaired) electrons. The molecule has 2 aliphatic rings. The Morgan fingerprint density at radius 3 is 2.41 bits per heavy atom. The smallest absolute Gasteiger partial charge is 0.316 e. The van der Waals surface area contributed by atoms with Gasteiger partial charge in [0.2, 0.25) is 0 Å². The summed E-state index contributed by atoms with van der Waals surface area (Å²) in [6.07, 6.45) is 3.01. The maximum atomic E-state index is 13.6. The molecular formula is C28H39NO5. The number of allylic oxidation sites excluding steroid dienone is 2. The number of Topliss-reactive ketones (excluding diaryl/α,β-unsaturated/α-hetero) is 1. The van der Waals surface area contributed by atoms with Crippen molar-refractivity contribution in [2.75, 3.05) is 13.2 Å². The van der Waals surface area contributed by atoms with Gasteiger partial charge in [-0.1, -0.05) is 18.5 Å². The Balaban J connectivity index is 2.14. The Kier molecular flexibility index (Phi) is 7.89. The molecule has 3 rings (SSSR count). The van der Waals surface area contributed by atoms with Crippen molar-refractivity contribution in [3.8, 4) is 5.75 Å². The van der Waals surface area contributed by atoms with E-state index in [-0.39, 0.29) is 17.7 Å². The van der Waals surface area contributed by atoms with Gasteiger partial charge in [-0.3, -0.25) is 9.59 Å². The average Bonchev–Trinajstić information content (AvgIpc) is 3.24. The van der Waals surface area contributed by atoms with Gasteiger partial charge in [0.15, 0.2) is 5.78 Å². The van der Waals surface area contributed by atoms with Gasteiger partial charge in [-0.25, -0.2) is 0 Å². The highest BCUT2D eigenvalue weighted by molar-refractivity contribution is 6.23. The van der Waals surface area contributed by atoms with Crippen molar-refractivity contribution in [3.63, 3.8) is 0 Å². The second-order valence-corrected chi connectivity index (χ2v) is 10.4. The highest BCUT2D eigenvalue weighted by Gasteiger charge is 2.38. The molecule has 0 N–H and O–H groups in total. The Hall–Kier alpha value is -2.63. The Bertz CT molecular complexity index is 1040. The normalized spacial score (nSPS) is 18.6. The summed E-state index contributed by atoms with van der Waals surface area (Å²) >= 11 is 0. The summed E-state index contributed by atoms with van der Waals surface area (Å²) in [5.41, 5.74) is 6.23. The van der Waals surface area contributed by atoms with Crippen molar-refractivity contribution >= 4 is 17.5 Å². The zero-order valence-corrected chi connectivity index (χ0v) is 22.0. The molecule has 0 amide bonds. The van der Waals surface area contributed by atoms with Crippen LogP contribution in [0.15, 0.2) is 16.5 Å². The van der Waals surface area contributed by atoms with Gasteiger partial charge in [-0.2, -0.15) is 0 Å². The van der Waals surface area contributed by atoms with Gasteiger partial charge in [-0.15, -0.1) is 0 Å². The molecular weight excluding hydrogens is 430 g/mol. The number of ether oxygens (including phenoxy) is 2. The number of carbonyl (C=O) groups is 2. The molecule has 34 heavy (non-hydrogen) atoms. The summed E-state index contributed by atoms with van der Waals surface area (Å²) in [4.78, 5) is 31.9. The highest BCUT2D eigenvalue weighted by atomic mass is 16.6. The van der Waals surface area contributed by atoms with Gasteiger partial charge in [0.25, 0.3) is 0 Å². The van der Waals surface area contributed by atoms with E-state index in [2.05, 4.69) is 25.9 Å². The van der Waals surface area contributed by atoms with E-state index in [1.165, 1.54) is 16.7 Å². The fourth-order valence-electron chi connectivity index (χ4n) is 4.78. The number of benzene rings is 1. The van der Waals surface area contributed by atoms with Crippen molar-refractivity contribution in [2.45, 2.75) is 93.4 Å². The lowest BCUT2D eigenvalue weighted by atomic mass is 9.77. The van der Waals surface area contributed by atoms with E-state index in [0.717, 1.165) is 29.7 Å². The van der Waals surface area contributed by atoms with Crippen LogP contribution >= 0.6 is 0 Å². The van der Waals surface area contributed by atoms with Crippen molar-refractivity contribution in [3.05, 3.63) is 39.1 Å². The molecule has 1 heterocycles. The van der Waals surface area contributed by atoms with E-state index < -0.39 is 5.41 Å². The summed E-state index contributed by atoms with van der Waals surface area (Å²) in [6.45, 7) is 16.7. The van der Waals surface area contributed by atoms with Gasteiger partial charge in [0, 0.05) is 36.3 Å². The Morgan fingerprint density at radius 1 is 1.09 bits per heavy atom. The molecule has 186 valence electrons. The van der Waals surface area contributed by atoms with Crippen LogP contribution in [0.25, 0.3) is 0 Å². The Labute approximate surface area is 203 Å². The first-order valence-corrected chi connectivity index (χ1v) is 12.4. The minimum absolute atomic E-state index is 0.0655. The lowest BCUT2D eigenvalue weighted by Crippen LogP contribution is -2.29. The zero-order chi connectivity index (χ0) is 25.2. The lowest BCUT2D eigenvalue weighted by Gasteiger charge is -2.30. The molecule has 1 unspecified atom stereocenters. The molecule has 1 atom stereocenters. The van der Waals surface area contributed by atoms with Crippen LogP contribution in [0.2, 0.25) is 0 Å². The number of rotatable bonds is 7. The standard InChI is InChI=1S/C28H39NO5/c1-9-11-21(29-33-10-2)25-22(30)14-19(15-23(25)34-27(31)28(6,7)8)24-18(5)16(3)17(4)20-12-13-32-26(20)24/h19H,9-15H2,1-8H3. The van der Waals surface area contributed by atoms with Crippen molar-refractivity contribution < 1.29 is 23.9 Å². The number of oxime groups is 1. The van der Waals surface area contributed by atoms with Crippen LogP contribution in [0.1, 0.15) is 94.0 Å². The quantitative estimate of drug-likeness (QED) is 0.277. The number of hydrogen-bond donors (Lipinski definition) is 0. The molecule has 1 aliphatic heterocycles. The second kappa shape index (κ2) is 10.3. The third kappa shape index (κ3) is 5.06. The SMILES string of the molecule is CCCC(=NOCC)C1=C(OC(=O)C(C)(C)C)CC(c2c(C)c(C)c(C)c3c2OCC3)CC1=O. The molecule has 1 aromatic carbocycles. The Morgan fingerprint density at radius 2 is 1.79 bits per heavy atom. The third-order valence-electron chi connectivity index (χ3n) is 6.84. The minimum atomic E-state index is -0.698. The van der Waals surface area contributed by atoms with Crippen molar-refractivity contribution in [1.82, 2.24) is 0 Å². The monoisotopic (exact) mass is 469 g/mol. The fourth-order valence-corrected chi connectivity index (χ4v) is 4.78. The van der Waals surface area contributed by atoms with Crippen LogP contribution in [-0.4, -0.2) is 30.7 Å². The molecule has 0 aromatic heterocycles. The molecule has 1 aliphatic carbocycles. The maximum Gasteiger partial charge on any atom is 0.316 e. The summed E-state index contributed by atoms with van der Waals surface area (Å²) in [7, 11) is 0. The molecule has 0 fully saturated rings. The summed E-state index contributed by atoms with van der Waals surface area (Å²) < 4.78 is 12.0. The number of esters is 1. The zero-order valence-electron chi connectivity index (χ0n) is 22.0. The van der Waals surface area contributed by atoms with E-state index in [4.69, 9.17) is 14.3 Å². The van der Waals surface area contributed by atoms with Crippen LogP contribution in [0.3, 0.4) is 0 Å². The minimum Gasteiger partial charge on any atom is -0.493 e. The summed E-state index contributed by atoms with van der Waals surface area (Å²) in [5, 5.41) is 4.25. The first-order valence-electron chi connectivity index (χ1n) is 12.4. The number of hydrogen-bond acceptors (Lipinski definition) is 6. The molecule has 6 nitrogen and oxygen atoms in total. The second-order valence-electron chi connectivity index (χ2n) is 10.4. The number of nitrogens with zero attached hydrogens (tertiary/aromatic N) is 1. The van der Waals surface area contributed by atoms with Gasteiger partial charge in [-0.05, 0) is 71.6 Å². The topological polar surface area (TPSA) is 74.2 Å². The average molecular weight is 470 g/mol. The van der Waals surface area contributed by atoms with Gasteiger partial charge in [0.1, 0.15) is 18.1 Å². The van der Waals surface area contributed by atoms with Gasteiger partial charge in [0.05, 0.1) is 23.3 Å². The van der Waals surface area contributed by atoms with Crippen LogP contribution in [-0.2, 0) is 25.6 Å². The number of ketones is 1. The highest BCUT2D eigenvalue weighted by Crippen LogP contribution is 2.46. The molecule has 0 saturated carbocycles. The molecule has 6 heteroatoms. The van der Waals surface area contributed by atoms with Crippen LogP contribution in [0, 0.1) is 26.2 Å². The fraction of sp³-hybridized carbons (Fsp3) is 0.607. The first-order chi connectivity index (χ1) is 16.0.